The molecule has 6 atom stereocenters. The third kappa shape index (κ3) is 2.08. The fraction of sp³-hybridized carbons (Fsp3) is 0.875. The van der Waals surface area contributed by atoms with Gasteiger partial charge in [-0.3, -0.25) is 9.59 Å². The number of carbonyl (C=O) groups is 2. The summed E-state index contributed by atoms with van der Waals surface area (Å²) in [5, 5.41) is 12.9. The minimum Gasteiger partial charge on any atom is -0.481 e. The maximum atomic E-state index is 12.9. The van der Waals surface area contributed by atoms with E-state index in [-0.39, 0.29) is 30.0 Å². The molecule has 3 aliphatic heterocycles. The first-order valence-electron chi connectivity index (χ1n) is 8.46. The molecule has 1 aliphatic carbocycles. The fourth-order valence-corrected chi connectivity index (χ4v) is 5.29. The van der Waals surface area contributed by atoms with Gasteiger partial charge in [0.05, 0.1) is 12.0 Å². The van der Waals surface area contributed by atoms with E-state index in [0.29, 0.717) is 18.4 Å². The third-order valence-electron chi connectivity index (χ3n) is 6.27. The Kier molecular flexibility index (Phi) is 3.21. The van der Waals surface area contributed by atoms with Crippen LogP contribution in [0.3, 0.4) is 0 Å². The van der Waals surface area contributed by atoms with Crippen LogP contribution in [-0.2, 0) is 9.59 Å². The minimum atomic E-state index is -0.729. The second-order valence-corrected chi connectivity index (χ2v) is 7.33. The van der Waals surface area contributed by atoms with E-state index in [2.05, 4.69) is 5.32 Å². The molecule has 4 aliphatic rings. The smallest absolute Gasteiger partial charge is 0.308 e. The summed E-state index contributed by atoms with van der Waals surface area (Å²) in [6.45, 7) is 0. The number of hydrogen-bond acceptors (Lipinski definition) is 3. The zero-order valence-electron chi connectivity index (χ0n) is 12.3. The van der Waals surface area contributed by atoms with Crippen molar-refractivity contribution >= 4 is 11.9 Å². The van der Waals surface area contributed by atoms with Crippen molar-refractivity contribution in [1.82, 2.24) is 10.2 Å². The summed E-state index contributed by atoms with van der Waals surface area (Å²) in [6, 6.07) is 0.578. The molecule has 5 nitrogen and oxygen atoms in total. The van der Waals surface area contributed by atoms with Gasteiger partial charge < -0.3 is 15.3 Å². The quantitative estimate of drug-likeness (QED) is 0.806. The van der Waals surface area contributed by atoms with E-state index >= 15 is 0 Å². The van der Waals surface area contributed by atoms with E-state index in [4.69, 9.17) is 0 Å². The van der Waals surface area contributed by atoms with Crippen molar-refractivity contribution in [3.8, 4) is 0 Å². The fourth-order valence-electron chi connectivity index (χ4n) is 5.29. The lowest BCUT2D eigenvalue weighted by atomic mass is 9.85. The topological polar surface area (TPSA) is 69.6 Å². The molecule has 3 heterocycles. The summed E-state index contributed by atoms with van der Waals surface area (Å²) in [5.41, 5.74) is 0. The van der Waals surface area contributed by atoms with E-state index in [9.17, 15) is 14.7 Å². The van der Waals surface area contributed by atoms with Crippen molar-refractivity contribution in [2.45, 2.75) is 75.5 Å². The summed E-state index contributed by atoms with van der Waals surface area (Å²) >= 11 is 0. The van der Waals surface area contributed by atoms with Gasteiger partial charge in [0.15, 0.2) is 0 Å². The lowest BCUT2D eigenvalue weighted by Gasteiger charge is -2.26. The first-order chi connectivity index (χ1) is 10.1. The number of nitrogens with one attached hydrogen (secondary N) is 1. The van der Waals surface area contributed by atoms with Crippen LogP contribution in [0.1, 0.15) is 51.4 Å². The van der Waals surface area contributed by atoms with E-state index in [1.807, 2.05) is 4.90 Å². The molecule has 5 heteroatoms. The highest BCUT2D eigenvalue weighted by Crippen LogP contribution is 2.43. The first kappa shape index (κ1) is 13.6. The zero-order chi connectivity index (χ0) is 14.6. The molecule has 2 bridgehead atoms. The Bertz CT molecular complexity index is 452. The van der Waals surface area contributed by atoms with Gasteiger partial charge in [0.25, 0.3) is 0 Å². The second-order valence-electron chi connectivity index (χ2n) is 7.33. The first-order valence-corrected chi connectivity index (χ1v) is 8.46. The number of nitrogens with zero attached hydrogens (tertiary/aromatic N) is 1. The van der Waals surface area contributed by atoms with Gasteiger partial charge in [0.1, 0.15) is 0 Å². The molecule has 0 aromatic heterocycles. The summed E-state index contributed by atoms with van der Waals surface area (Å²) in [5.74, 6) is -0.228. The summed E-state index contributed by atoms with van der Waals surface area (Å²) < 4.78 is 0. The van der Waals surface area contributed by atoms with Crippen LogP contribution in [0.25, 0.3) is 0 Å². The summed E-state index contributed by atoms with van der Waals surface area (Å²) in [7, 11) is 0. The molecule has 1 amide bonds. The molecule has 4 fully saturated rings. The van der Waals surface area contributed by atoms with Gasteiger partial charge in [0.2, 0.25) is 5.91 Å². The third-order valence-corrected chi connectivity index (χ3v) is 6.27. The molecule has 116 valence electrons. The molecule has 0 spiro atoms. The largest absolute Gasteiger partial charge is 0.481 e. The Hall–Kier alpha value is -1.10. The Labute approximate surface area is 125 Å². The van der Waals surface area contributed by atoms with Crippen molar-refractivity contribution in [2.75, 3.05) is 0 Å². The average Bonchev–Trinajstić information content (AvgIpc) is 3.18. The molecule has 2 N–H and O–H groups in total. The van der Waals surface area contributed by atoms with Gasteiger partial charge in [0, 0.05) is 18.1 Å². The molecule has 3 saturated heterocycles. The lowest BCUT2D eigenvalue weighted by Crippen LogP contribution is -2.48. The van der Waals surface area contributed by atoms with Gasteiger partial charge in [-0.1, -0.05) is 12.8 Å². The zero-order valence-corrected chi connectivity index (χ0v) is 12.3. The maximum absolute atomic E-state index is 12.9. The summed E-state index contributed by atoms with van der Waals surface area (Å²) in [6.07, 6.45) is 8.46. The number of hydrogen-bond donors (Lipinski definition) is 2. The average molecular weight is 292 g/mol. The molecule has 4 rings (SSSR count). The Morgan fingerprint density at radius 3 is 2.57 bits per heavy atom. The molecule has 0 aromatic carbocycles. The van der Waals surface area contributed by atoms with Gasteiger partial charge in [-0.2, -0.15) is 0 Å². The van der Waals surface area contributed by atoms with Crippen molar-refractivity contribution in [2.24, 2.45) is 11.8 Å². The normalized spacial score (nSPS) is 44.9. The van der Waals surface area contributed by atoms with Crippen molar-refractivity contribution < 1.29 is 14.7 Å². The van der Waals surface area contributed by atoms with Gasteiger partial charge >= 0.3 is 5.97 Å². The van der Waals surface area contributed by atoms with Crippen LogP contribution in [0.15, 0.2) is 0 Å². The van der Waals surface area contributed by atoms with Crippen LogP contribution in [-0.4, -0.2) is 46.1 Å². The highest BCUT2D eigenvalue weighted by Gasteiger charge is 2.53. The Balaban J connectivity index is 1.47. The molecule has 1 saturated carbocycles. The molecule has 21 heavy (non-hydrogen) atoms. The molecular formula is C16H24N2O3. The molecular weight excluding hydrogens is 268 g/mol. The number of carboxylic acid groups (broad SMARTS) is 1. The van der Waals surface area contributed by atoms with Crippen LogP contribution in [0.5, 0.6) is 0 Å². The predicted octanol–water partition coefficient (Wildman–Crippen LogP) is 1.37. The van der Waals surface area contributed by atoms with Gasteiger partial charge in [-0.15, -0.1) is 0 Å². The van der Waals surface area contributed by atoms with Crippen LogP contribution in [0.4, 0.5) is 0 Å². The second kappa shape index (κ2) is 4.97. The minimum absolute atomic E-state index is 0.0515. The number of carboxylic acids is 1. The maximum Gasteiger partial charge on any atom is 0.308 e. The molecule has 0 radical (unpaired) electrons. The van der Waals surface area contributed by atoms with Crippen molar-refractivity contribution in [3.63, 3.8) is 0 Å². The highest BCUT2D eigenvalue weighted by molar-refractivity contribution is 5.85. The molecule has 0 aromatic rings. The number of rotatable bonds is 2. The Morgan fingerprint density at radius 2 is 1.86 bits per heavy atom. The van der Waals surface area contributed by atoms with Gasteiger partial charge in [-0.05, 0) is 44.4 Å². The van der Waals surface area contributed by atoms with Crippen molar-refractivity contribution in [3.05, 3.63) is 0 Å². The monoisotopic (exact) mass is 292 g/mol. The van der Waals surface area contributed by atoms with E-state index < -0.39 is 5.97 Å². The van der Waals surface area contributed by atoms with E-state index in [1.165, 1.54) is 25.7 Å². The van der Waals surface area contributed by atoms with Gasteiger partial charge in [-0.25, -0.2) is 0 Å². The number of carbonyl (C=O) groups excluding carboxylic acids is 1. The van der Waals surface area contributed by atoms with Crippen LogP contribution < -0.4 is 5.32 Å². The van der Waals surface area contributed by atoms with Crippen LogP contribution >= 0.6 is 0 Å². The standard InChI is InChI=1S/C16H24N2O3/c19-15(13-7-9-3-1-2-4-12(9)17-13)18-10-5-6-14(18)11(8-10)16(20)21/h9-14,17H,1-8H2,(H,20,21). The van der Waals surface area contributed by atoms with Crippen molar-refractivity contribution in [1.29, 1.82) is 0 Å². The lowest BCUT2D eigenvalue weighted by molar-refractivity contribution is -0.143. The number of aliphatic carboxylic acids is 1. The summed E-state index contributed by atoms with van der Waals surface area (Å²) in [4.78, 5) is 26.2. The van der Waals surface area contributed by atoms with Crippen LogP contribution in [0, 0.1) is 11.8 Å². The number of fused-ring (bicyclic) bond motifs is 3. The SMILES string of the molecule is O=C(O)C1CC2CCC1N2C(=O)C1CC2CCCCC2N1. The predicted molar refractivity (Wildman–Crippen MR) is 76.7 cm³/mol. The number of amides is 1. The Morgan fingerprint density at radius 1 is 1.05 bits per heavy atom. The van der Waals surface area contributed by atoms with E-state index in [0.717, 1.165) is 19.3 Å². The highest BCUT2D eigenvalue weighted by atomic mass is 16.4. The molecule has 6 unspecified atom stereocenters. The van der Waals surface area contributed by atoms with E-state index in [1.54, 1.807) is 0 Å². The van der Waals surface area contributed by atoms with Crippen LogP contribution in [0.2, 0.25) is 0 Å².